The quantitative estimate of drug-likeness (QED) is 0.513. The average Bonchev–Trinajstić information content (AvgIpc) is 2.79. The predicted octanol–water partition coefficient (Wildman–Crippen LogP) is 3.91. The van der Waals surface area contributed by atoms with Crippen LogP contribution in [0.2, 0.25) is 0 Å². The van der Waals surface area contributed by atoms with Gasteiger partial charge in [-0.1, -0.05) is 12.1 Å². The topological polar surface area (TPSA) is 97.3 Å². The summed E-state index contributed by atoms with van der Waals surface area (Å²) in [7, 11) is -1.67. The van der Waals surface area contributed by atoms with E-state index in [1.54, 1.807) is 13.0 Å². The number of ether oxygens (including phenoxy) is 1. The van der Waals surface area contributed by atoms with E-state index in [2.05, 4.69) is 20.5 Å². The lowest BCUT2D eigenvalue weighted by atomic mass is 10.0. The molecule has 1 aliphatic rings. The highest BCUT2D eigenvalue weighted by molar-refractivity contribution is 7.91. The smallest absolute Gasteiger partial charge is 0.419 e. The number of aryl methyl sites for hydroxylation is 1. The molecule has 0 saturated carbocycles. The number of hydrogen-bond acceptors (Lipinski definition) is 8. The van der Waals surface area contributed by atoms with Crippen LogP contribution in [0.4, 0.5) is 29.1 Å². The van der Waals surface area contributed by atoms with Crippen LogP contribution in [0.3, 0.4) is 0 Å². The van der Waals surface area contributed by atoms with E-state index in [0.29, 0.717) is 28.4 Å². The van der Waals surface area contributed by atoms with E-state index in [1.807, 2.05) is 4.90 Å². The number of alkyl halides is 3. The maximum Gasteiger partial charge on any atom is 0.419 e. The van der Waals surface area contributed by atoms with Crippen molar-refractivity contribution in [3.8, 4) is 5.88 Å². The summed E-state index contributed by atoms with van der Waals surface area (Å²) in [6, 6.07) is 3.94. The molecule has 1 atom stereocenters. The van der Waals surface area contributed by atoms with Crippen LogP contribution in [0.5, 0.6) is 5.88 Å². The van der Waals surface area contributed by atoms with Crippen LogP contribution in [-0.2, 0) is 16.0 Å². The van der Waals surface area contributed by atoms with Crippen LogP contribution in [0, 0.1) is 12.7 Å². The fourth-order valence-corrected chi connectivity index (χ4v) is 5.19. The Labute approximate surface area is 199 Å². The molecule has 3 aromatic rings. The molecule has 0 unspecified atom stereocenters. The maximum atomic E-state index is 14.7. The molecular weight excluding hydrogens is 490 g/mol. The fraction of sp³-hybridized carbons (Fsp3) is 0.409. The van der Waals surface area contributed by atoms with Crippen molar-refractivity contribution in [2.24, 2.45) is 0 Å². The van der Waals surface area contributed by atoms with Gasteiger partial charge in [0.25, 0.3) is 0 Å². The Morgan fingerprint density at radius 3 is 2.49 bits per heavy atom. The van der Waals surface area contributed by atoms with E-state index in [9.17, 15) is 26.0 Å². The number of anilines is 2. The van der Waals surface area contributed by atoms with E-state index in [1.165, 1.54) is 20.1 Å². The highest BCUT2D eigenvalue weighted by atomic mass is 32.2. The zero-order valence-electron chi connectivity index (χ0n) is 19.1. The SMILES string of the molecule is COc1nc2c(C)nnc(N[C@H](C)c3cccc(C(F)(F)F)c3F)c2cc1N1CCS(=O)(=O)CC1. The zero-order chi connectivity index (χ0) is 25.5. The second kappa shape index (κ2) is 9.10. The number of pyridine rings is 1. The summed E-state index contributed by atoms with van der Waals surface area (Å²) in [5.41, 5.74) is -0.0715. The molecule has 1 saturated heterocycles. The molecule has 8 nitrogen and oxygen atoms in total. The Balaban J connectivity index is 1.75. The third-order valence-corrected chi connectivity index (χ3v) is 7.51. The fourth-order valence-electron chi connectivity index (χ4n) is 3.99. The van der Waals surface area contributed by atoms with Crippen molar-refractivity contribution in [2.75, 3.05) is 41.9 Å². The second-order valence-corrected chi connectivity index (χ2v) is 10.6. The van der Waals surface area contributed by atoms with Crippen LogP contribution in [0.1, 0.15) is 29.8 Å². The molecule has 13 heteroatoms. The number of nitrogens with one attached hydrogen (secondary N) is 1. The third-order valence-electron chi connectivity index (χ3n) is 5.90. The lowest BCUT2D eigenvalue weighted by molar-refractivity contribution is -0.140. The van der Waals surface area contributed by atoms with Gasteiger partial charge >= 0.3 is 6.18 Å². The van der Waals surface area contributed by atoms with Crippen LogP contribution in [0.25, 0.3) is 10.9 Å². The van der Waals surface area contributed by atoms with Crippen molar-refractivity contribution in [1.82, 2.24) is 15.2 Å². The number of methoxy groups -OCH3 is 1. The van der Waals surface area contributed by atoms with Gasteiger partial charge in [-0.25, -0.2) is 17.8 Å². The summed E-state index contributed by atoms with van der Waals surface area (Å²) >= 11 is 0. The standard InChI is InChI=1S/C22H23F4N5O3S/c1-12(14-5-4-6-16(18(14)23)22(24,25)26)27-20-15-11-17(31-7-9-35(32,33)10-8-31)21(34-3)28-19(15)13(2)29-30-20/h4-6,11-12H,7-10H2,1-3H3,(H,27,30)/t12-/m1/s1. The van der Waals surface area contributed by atoms with Crippen molar-refractivity contribution in [2.45, 2.75) is 26.1 Å². The van der Waals surface area contributed by atoms with Gasteiger partial charge in [0.1, 0.15) is 17.0 Å². The minimum atomic E-state index is -4.83. The maximum absolute atomic E-state index is 14.7. The van der Waals surface area contributed by atoms with E-state index in [4.69, 9.17) is 4.74 Å². The van der Waals surface area contributed by atoms with Gasteiger partial charge in [0, 0.05) is 24.0 Å². The van der Waals surface area contributed by atoms with Gasteiger partial charge in [-0.3, -0.25) is 0 Å². The van der Waals surface area contributed by atoms with Gasteiger partial charge < -0.3 is 15.0 Å². The monoisotopic (exact) mass is 513 g/mol. The second-order valence-electron chi connectivity index (χ2n) is 8.26. The first-order chi connectivity index (χ1) is 16.4. The van der Waals surface area contributed by atoms with Gasteiger partial charge in [-0.05, 0) is 26.0 Å². The minimum Gasteiger partial charge on any atom is -0.480 e. The van der Waals surface area contributed by atoms with Crippen molar-refractivity contribution in [3.05, 3.63) is 46.9 Å². The molecule has 0 spiro atoms. The number of fused-ring (bicyclic) bond motifs is 1. The first-order valence-corrected chi connectivity index (χ1v) is 12.5. The first kappa shape index (κ1) is 24.9. The minimum absolute atomic E-state index is 0.0151. The molecule has 3 heterocycles. The van der Waals surface area contributed by atoms with Crippen LogP contribution in [-0.4, -0.2) is 55.3 Å². The first-order valence-electron chi connectivity index (χ1n) is 10.7. The molecular formula is C22H23F4N5O3S. The molecule has 1 aliphatic heterocycles. The van der Waals surface area contributed by atoms with Crippen molar-refractivity contribution in [1.29, 1.82) is 0 Å². The number of halogens is 4. The van der Waals surface area contributed by atoms with Gasteiger partial charge in [0.2, 0.25) is 5.88 Å². The van der Waals surface area contributed by atoms with Gasteiger partial charge in [0.05, 0.1) is 35.9 Å². The van der Waals surface area contributed by atoms with Crippen molar-refractivity contribution in [3.63, 3.8) is 0 Å². The van der Waals surface area contributed by atoms with Crippen LogP contribution < -0.4 is 15.0 Å². The molecule has 35 heavy (non-hydrogen) atoms. The van der Waals surface area contributed by atoms with Gasteiger partial charge in [0.15, 0.2) is 15.7 Å². The largest absolute Gasteiger partial charge is 0.480 e. The molecule has 1 fully saturated rings. The number of rotatable bonds is 5. The summed E-state index contributed by atoms with van der Waals surface area (Å²) in [5.74, 6) is -0.927. The molecule has 0 bridgehead atoms. The molecule has 0 amide bonds. The lowest BCUT2D eigenvalue weighted by Crippen LogP contribution is -2.40. The molecule has 1 N–H and O–H groups in total. The number of aromatic nitrogens is 3. The van der Waals surface area contributed by atoms with Crippen LogP contribution in [0.15, 0.2) is 24.3 Å². The van der Waals surface area contributed by atoms with E-state index < -0.39 is 33.4 Å². The molecule has 4 rings (SSSR count). The Morgan fingerprint density at radius 2 is 1.86 bits per heavy atom. The zero-order valence-corrected chi connectivity index (χ0v) is 20.0. The van der Waals surface area contributed by atoms with E-state index >= 15 is 0 Å². The average molecular weight is 514 g/mol. The summed E-state index contributed by atoms with van der Waals surface area (Å²) < 4.78 is 83.3. The molecule has 0 radical (unpaired) electrons. The summed E-state index contributed by atoms with van der Waals surface area (Å²) in [4.78, 5) is 6.37. The lowest BCUT2D eigenvalue weighted by Gasteiger charge is -2.30. The Morgan fingerprint density at radius 1 is 1.17 bits per heavy atom. The van der Waals surface area contributed by atoms with E-state index in [-0.39, 0.29) is 41.9 Å². The summed E-state index contributed by atoms with van der Waals surface area (Å²) in [6.07, 6.45) is -4.83. The Bertz CT molecular complexity index is 1370. The molecule has 188 valence electrons. The Hall–Kier alpha value is -3.22. The number of hydrogen-bond donors (Lipinski definition) is 1. The predicted molar refractivity (Wildman–Crippen MR) is 123 cm³/mol. The summed E-state index contributed by atoms with van der Waals surface area (Å²) in [6.45, 7) is 3.70. The molecule has 2 aromatic heterocycles. The number of sulfone groups is 1. The highest BCUT2D eigenvalue weighted by Crippen LogP contribution is 2.37. The number of nitrogens with zero attached hydrogens (tertiary/aromatic N) is 4. The normalized spacial score (nSPS) is 16.8. The van der Waals surface area contributed by atoms with Gasteiger partial charge in [-0.15, -0.1) is 5.10 Å². The van der Waals surface area contributed by atoms with Gasteiger partial charge in [-0.2, -0.15) is 18.3 Å². The third kappa shape index (κ3) is 4.95. The van der Waals surface area contributed by atoms with E-state index in [0.717, 1.165) is 6.07 Å². The highest BCUT2D eigenvalue weighted by Gasteiger charge is 2.35. The van der Waals surface area contributed by atoms with Crippen molar-refractivity contribution >= 4 is 32.2 Å². The van der Waals surface area contributed by atoms with Crippen LogP contribution >= 0.6 is 0 Å². The molecule has 0 aliphatic carbocycles. The van der Waals surface area contributed by atoms with Crippen molar-refractivity contribution < 1.29 is 30.7 Å². The molecule has 1 aromatic carbocycles. The number of benzene rings is 1. The summed E-state index contributed by atoms with van der Waals surface area (Å²) in [5, 5.41) is 11.6. The Kier molecular flexibility index (Phi) is 6.47.